The molecule has 14 heavy (non-hydrogen) atoms. The van der Waals surface area contributed by atoms with Crippen LogP contribution in [-0.2, 0) is 12.6 Å². The topological polar surface area (TPSA) is 42.7 Å². The van der Waals surface area contributed by atoms with Crippen LogP contribution in [-0.4, -0.2) is 21.5 Å². The van der Waals surface area contributed by atoms with Crippen LogP contribution in [0.15, 0.2) is 6.20 Å². The highest BCUT2D eigenvalue weighted by Gasteiger charge is 2.36. The first-order chi connectivity index (χ1) is 6.77. The van der Waals surface area contributed by atoms with Gasteiger partial charge in [0.25, 0.3) is 0 Å². The van der Waals surface area contributed by atoms with Gasteiger partial charge in [-0.2, -0.15) is 15.0 Å². The average molecular weight is 194 g/mol. The number of hydrogen-bond acceptors (Lipinski definition) is 3. The van der Waals surface area contributed by atoms with E-state index in [1.165, 1.54) is 19.3 Å². The van der Waals surface area contributed by atoms with Crippen molar-refractivity contribution >= 4 is 0 Å². The second kappa shape index (κ2) is 3.69. The number of aromatic nitrogens is 3. The van der Waals surface area contributed by atoms with E-state index in [-0.39, 0.29) is 5.54 Å². The van der Waals surface area contributed by atoms with Crippen LogP contribution >= 0.6 is 0 Å². The lowest BCUT2D eigenvalue weighted by Gasteiger charge is -2.26. The lowest BCUT2D eigenvalue weighted by Crippen LogP contribution is -2.37. The third-order valence-electron chi connectivity index (χ3n) is 3.01. The fraction of sp³-hybridized carbons (Fsp3) is 0.800. The molecule has 0 spiro atoms. The Morgan fingerprint density at radius 1 is 1.64 bits per heavy atom. The van der Waals surface area contributed by atoms with E-state index in [4.69, 9.17) is 0 Å². The first-order valence-electron chi connectivity index (χ1n) is 5.39. The highest BCUT2D eigenvalue weighted by Crippen LogP contribution is 2.33. The van der Waals surface area contributed by atoms with Crippen molar-refractivity contribution in [2.24, 2.45) is 7.05 Å². The summed E-state index contributed by atoms with van der Waals surface area (Å²) < 4.78 is 0. The van der Waals surface area contributed by atoms with Crippen molar-refractivity contribution in [3.8, 4) is 0 Å². The van der Waals surface area contributed by atoms with Crippen LogP contribution in [0.2, 0.25) is 0 Å². The summed E-state index contributed by atoms with van der Waals surface area (Å²) in [6.45, 7) is 3.33. The minimum atomic E-state index is 0.114. The van der Waals surface area contributed by atoms with E-state index in [2.05, 4.69) is 22.4 Å². The SMILES string of the molecule is CCCC1(c2cnn(C)n2)CCCN1. The van der Waals surface area contributed by atoms with Gasteiger partial charge in [-0.25, -0.2) is 0 Å². The molecule has 1 fully saturated rings. The summed E-state index contributed by atoms with van der Waals surface area (Å²) in [6, 6.07) is 0. The maximum atomic E-state index is 4.43. The minimum absolute atomic E-state index is 0.114. The molecule has 2 rings (SSSR count). The van der Waals surface area contributed by atoms with Crippen molar-refractivity contribution in [3.63, 3.8) is 0 Å². The van der Waals surface area contributed by atoms with Gasteiger partial charge in [0.1, 0.15) is 5.69 Å². The van der Waals surface area contributed by atoms with Crippen LogP contribution in [0.4, 0.5) is 0 Å². The molecule has 4 nitrogen and oxygen atoms in total. The zero-order valence-corrected chi connectivity index (χ0v) is 8.95. The van der Waals surface area contributed by atoms with E-state index in [0.29, 0.717) is 0 Å². The van der Waals surface area contributed by atoms with Gasteiger partial charge in [0.15, 0.2) is 0 Å². The summed E-state index contributed by atoms with van der Waals surface area (Å²) in [4.78, 5) is 1.65. The zero-order valence-electron chi connectivity index (χ0n) is 8.95. The Kier molecular flexibility index (Phi) is 2.54. The zero-order chi connectivity index (χ0) is 10.0. The molecule has 0 radical (unpaired) electrons. The minimum Gasteiger partial charge on any atom is -0.306 e. The Hall–Kier alpha value is -0.900. The summed E-state index contributed by atoms with van der Waals surface area (Å²) >= 11 is 0. The molecule has 1 saturated heterocycles. The molecule has 1 unspecified atom stereocenters. The smallest absolute Gasteiger partial charge is 0.103 e. The van der Waals surface area contributed by atoms with Gasteiger partial charge >= 0.3 is 0 Å². The molecule has 1 N–H and O–H groups in total. The standard InChI is InChI=1S/C10H18N4/c1-3-5-10(6-4-7-11-10)9-8-12-14(2)13-9/h8,11H,3-7H2,1-2H3. The van der Waals surface area contributed by atoms with Crippen molar-refractivity contribution < 1.29 is 0 Å². The fourth-order valence-corrected chi connectivity index (χ4v) is 2.36. The Balaban J connectivity index is 2.26. The molecule has 0 amide bonds. The molecule has 1 aliphatic rings. The number of rotatable bonds is 3. The molecule has 1 atom stereocenters. The van der Waals surface area contributed by atoms with Gasteiger partial charge in [-0.1, -0.05) is 13.3 Å². The number of hydrogen-bond donors (Lipinski definition) is 1. The van der Waals surface area contributed by atoms with Gasteiger partial charge < -0.3 is 5.32 Å². The molecule has 0 aliphatic carbocycles. The monoisotopic (exact) mass is 194 g/mol. The molecular weight excluding hydrogens is 176 g/mol. The third-order valence-corrected chi connectivity index (χ3v) is 3.01. The van der Waals surface area contributed by atoms with Crippen LogP contribution in [0.1, 0.15) is 38.3 Å². The first kappa shape index (κ1) is 9.65. The van der Waals surface area contributed by atoms with E-state index < -0.39 is 0 Å². The fourth-order valence-electron chi connectivity index (χ4n) is 2.36. The van der Waals surface area contributed by atoms with E-state index in [1.54, 1.807) is 4.80 Å². The lowest BCUT2D eigenvalue weighted by molar-refractivity contribution is 0.342. The predicted molar refractivity (Wildman–Crippen MR) is 54.8 cm³/mol. The second-order valence-electron chi connectivity index (χ2n) is 4.08. The molecule has 0 aromatic carbocycles. The van der Waals surface area contributed by atoms with E-state index in [0.717, 1.165) is 18.7 Å². The molecule has 0 bridgehead atoms. The normalized spacial score (nSPS) is 27.0. The summed E-state index contributed by atoms with van der Waals surface area (Å²) in [5.41, 5.74) is 1.22. The van der Waals surface area contributed by atoms with Crippen LogP contribution in [0.25, 0.3) is 0 Å². The largest absolute Gasteiger partial charge is 0.306 e. The van der Waals surface area contributed by atoms with Crippen LogP contribution < -0.4 is 5.32 Å². The Morgan fingerprint density at radius 3 is 3.00 bits per heavy atom. The van der Waals surface area contributed by atoms with Crippen molar-refractivity contribution in [3.05, 3.63) is 11.9 Å². The highest BCUT2D eigenvalue weighted by molar-refractivity contribution is 5.12. The van der Waals surface area contributed by atoms with Gasteiger partial charge in [0.05, 0.1) is 11.7 Å². The molecule has 78 valence electrons. The van der Waals surface area contributed by atoms with Crippen LogP contribution in [0.5, 0.6) is 0 Å². The molecule has 0 saturated carbocycles. The highest BCUT2D eigenvalue weighted by atomic mass is 15.5. The van der Waals surface area contributed by atoms with Gasteiger partial charge in [-0.05, 0) is 25.8 Å². The Labute approximate surface area is 84.7 Å². The number of aryl methyl sites for hydroxylation is 1. The molecule has 1 aliphatic heterocycles. The van der Waals surface area contributed by atoms with E-state index in [9.17, 15) is 0 Å². The maximum Gasteiger partial charge on any atom is 0.103 e. The molecule has 2 heterocycles. The van der Waals surface area contributed by atoms with Crippen LogP contribution in [0.3, 0.4) is 0 Å². The average Bonchev–Trinajstić information content (AvgIpc) is 2.75. The first-order valence-corrected chi connectivity index (χ1v) is 5.39. The van der Waals surface area contributed by atoms with Gasteiger partial charge in [0, 0.05) is 7.05 Å². The van der Waals surface area contributed by atoms with Crippen molar-refractivity contribution in [1.29, 1.82) is 0 Å². The Bertz CT molecular complexity index is 299. The number of nitrogens with one attached hydrogen (secondary N) is 1. The summed E-state index contributed by atoms with van der Waals surface area (Å²) in [5.74, 6) is 0. The second-order valence-corrected chi connectivity index (χ2v) is 4.08. The molecule has 4 heteroatoms. The molecule has 1 aromatic rings. The van der Waals surface area contributed by atoms with Crippen molar-refractivity contribution in [1.82, 2.24) is 20.3 Å². The van der Waals surface area contributed by atoms with Gasteiger partial charge in [-0.15, -0.1) is 0 Å². The van der Waals surface area contributed by atoms with E-state index >= 15 is 0 Å². The third kappa shape index (κ3) is 1.54. The number of nitrogens with zero attached hydrogens (tertiary/aromatic N) is 3. The predicted octanol–water partition coefficient (Wildman–Crippen LogP) is 1.19. The summed E-state index contributed by atoms with van der Waals surface area (Å²) in [7, 11) is 1.87. The van der Waals surface area contributed by atoms with Gasteiger partial charge in [-0.3, -0.25) is 0 Å². The molecule has 1 aromatic heterocycles. The maximum absolute atomic E-state index is 4.43. The van der Waals surface area contributed by atoms with Crippen molar-refractivity contribution in [2.45, 2.75) is 38.1 Å². The summed E-state index contributed by atoms with van der Waals surface area (Å²) in [6.07, 6.45) is 6.68. The van der Waals surface area contributed by atoms with Gasteiger partial charge in [0.2, 0.25) is 0 Å². The molecular formula is C10H18N4. The van der Waals surface area contributed by atoms with Crippen LogP contribution in [0, 0.1) is 0 Å². The Morgan fingerprint density at radius 2 is 2.50 bits per heavy atom. The summed E-state index contributed by atoms with van der Waals surface area (Å²) in [5, 5.41) is 12.2. The quantitative estimate of drug-likeness (QED) is 0.786. The lowest BCUT2D eigenvalue weighted by atomic mass is 9.89. The van der Waals surface area contributed by atoms with Crippen molar-refractivity contribution in [2.75, 3.05) is 6.54 Å². The van der Waals surface area contributed by atoms with E-state index in [1.807, 2.05) is 13.2 Å².